The van der Waals surface area contributed by atoms with Gasteiger partial charge in [0.1, 0.15) is 0 Å². The van der Waals surface area contributed by atoms with Crippen LogP contribution in [0.1, 0.15) is 26.0 Å². The number of hydrogen-bond acceptors (Lipinski definition) is 2. The molecule has 0 aliphatic heterocycles. The summed E-state index contributed by atoms with van der Waals surface area (Å²) in [6.45, 7) is 4.66. The molecule has 1 aromatic heterocycles. The van der Waals surface area contributed by atoms with Gasteiger partial charge in [0, 0.05) is 18.4 Å². The van der Waals surface area contributed by atoms with E-state index >= 15 is 0 Å². The monoisotopic (exact) mass is 196 g/mol. The van der Waals surface area contributed by atoms with Gasteiger partial charge >= 0.3 is 5.97 Å². The van der Waals surface area contributed by atoms with Gasteiger partial charge in [0.05, 0.1) is 12.2 Å². The van der Waals surface area contributed by atoms with Gasteiger partial charge < -0.3 is 9.67 Å². The lowest BCUT2D eigenvalue weighted by Crippen LogP contribution is -2.11. The molecule has 1 aromatic rings. The molecule has 4 heteroatoms. The van der Waals surface area contributed by atoms with Gasteiger partial charge in [0.15, 0.2) is 0 Å². The summed E-state index contributed by atoms with van der Waals surface area (Å²) in [5, 5.41) is 8.71. The number of carbonyl (C=O) groups is 1. The van der Waals surface area contributed by atoms with E-state index in [1.54, 1.807) is 19.4 Å². The van der Waals surface area contributed by atoms with Crippen molar-refractivity contribution in [3.05, 3.63) is 18.2 Å². The molecule has 1 N–H and O–H groups in total. The Hall–Kier alpha value is -1.32. The Labute approximate surface area is 83.6 Å². The minimum absolute atomic E-state index is 0.282. The Bertz CT molecular complexity index is 307. The second-order valence-corrected chi connectivity index (χ2v) is 3.45. The predicted molar refractivity (Wildman–Crippen MR) is 53.0 cm³/mol. The van der Waals surface area contributed by atoms with E-state index in [9.17, 15) is 4.79 Å². The van der Waals surface area contributed by atoms with Crippen molar-refractivity contribution in [1.82, 2.24) is 9.55 Å². The number of rotatable bonds is 5. The van der Waals surface area contributed by atoms with E-state index < -0.39 is 5.97 Å². The molecule has 0 fully saturated rings. The van der Waals surface area contributed by atoms with Crippen molar-refractivity contribution in [3.8, 4) is 0 Å². The van der Waals surface area contributed by atoms with Gasteiger partial charge in [-0.2, -0.15) is 0 Å². The van der Waals surface area contributed by atoms with Crippen molar-refractivity contribution in [2.45, 2.75) is 33.2 Å². The average Bonchev–Trinajstić information content (AvgIpc) is 2.60. The number of hydrogen-bond donors (Lipinski definition) is 1. The van der Waals surface area contributed by atoms with Crippen molar-refractivity contribution in [2.75, 3.05) is 0 Å². The Morgan fingerprint density at radius 1 is 1.71 bits per heavy atom. The summed E-state index contributed by atoms with van der Waals surface area (Å²) in [7, 11) is 0. The third-order valence-electron chi connectivity index (χ3n) is 2.39. The van der Waals surface area contributed by atoms with Gasteiger partial charge in [0.25, 0.3) is 0 Å². The highest BCUT2D eigenvalue weighted by molar-refractivity contribution is 5.69. The van der Waals surface area contributed by atoms with E-state index in [0.29, 0.717) is 6.42 Å². The minimum Gasteiger partial charge on any atom is -0.481 e. The van der Waals surface area contributed by atoms with Gasteiger partial charge in [-0.05, 0) is 19.8 Å². The Morgan fingerprint density at radius 2 is 2.43 bits per heavy atom. The molecule has 0 saturated heterocycles. The molecule has 1 heterocycles. The molecule has 1 rings (SSSR count). The minimum atomic E-state index is -0.729. The quantitative estimate of drug-likeness (QED) is 0.777. The molecule has 0 aliphatic carbocycles. The lowest BCUT2D eigenvalue weighted by atomic mass is 10.1. The van der Waals surface area contributed by atoms with Crippen molar-refractivity contribution < 1.29 is 9.90 Å². The number of carboxylic acids is 1. The van der Waals surface area contributed by atoms with Crippen LogP contribution in [0.5, 0.6) is 0 Å². The molecule has 1 atom stereocenters. The number of imidazole rings is 1. The number of nitrogens with zero attached hydrogens (tertiary/aromatic N) is 2. The van der Waals surface area contributed by atoms with Gasteiger partial charge in [-0.15, -0.1) is 0 Å². The number of aryl methyl sites for hydroxylation is 2. The van der Waals surface area contributed by atoms with Gasteiger partial charge in [-0.3, -0.25) is 4.79 Å². The van der Waals surface area contributed by atoms with Crippen LogP contribution in [0.3, 0.4) is 0 Å². The van der Waals surface area contributed by atoms with Gasteiger partial charge in [-0.1, -0.05) is 6.92 Å². The zero-order valence-corrected chi connectivity index (χ0v) is 8.60. The first-order valence-corrected chi connectivity index (χ1v) is 4.87. The highest BCUT2D eigenvalue weighted by Crippen LogP contribution is 2.09. The maximum Gasteiger partial charge on any atom is 0.306 e. The summed E-state index contributed by atoms with van der Waals surface area (Å²) in [6.07, 6.45) is 5.03. The molecule has 0 aliphatic rings. The molecule has 14 heavy (non-hydrogen) atoms. The van der Waals surface area contributed by atoms with Crippen LogP contribution in [0.2, 0.25) is 0 Å². The van der Waals surface area contributed by atoms with E-state index in [2.05, 4.69) is 4.98 Å². The first kappa shape index (κ1) is 10.8. The fourth-order valence-corrected chi connectivity index (χ4v) is 1.33. The van der Waals surface area contributed by atoms with E-state index in [4.69, 9.17) is 5.11 Å². The predicted octanol–water partition coefficient (Wildman–Crippen LogP) is 1.56. The standard InChI is InChI=1S/C10H16N2O2/c1-3-12-7-11-6-9(12)5-4-8(2)10(13)14/h6-8H,3-5H2,1-2H3,(H,13,14). The lowest BCUT2D eigenvalue weighted by Gasteiger charge is -2.07. The summed E-state index contributed by atoms with van der Waals surface area (Å²) in [6, 6.07) is 0. The van der Waals surface area contributed by atoms with E-state index in [1.165, 1.54) is 0 Å². The average molecular weight is 196 g/mol. The molecule has 0 aromatic carbocycles. The lowest BCUT2D eigenvalue weighted by molar-refractivity contribution is -0.141. The molecule has 0 saturated carbocycles. The van der Waals surface area contributed by atoms with E-state index in [-0.39, 0.29) is 5.92 Å². The maximum atomic E-state index is 10.6. The molecule has 78 valence electrons. The molecule has 0 bridgehead atoms. The second kappa shape index (κ2) is 4.79. The molecule has 0 radical (unpaired) electrons. The Balaban J connectivity index is 2.49. The first-order chi connectivity index (χ1) is 6.65. The highest BCUT2D eigenvalue weighted by atomic mass is 16.4. The van der Waals surface area contributed by atoms with Crippen LogP contribution in [-0.2, 0) is 17.8 Å². The maximum absolute atomic E-state index is 10.6. The third kappa shape index (κ3) is 2.58. The SMILES string of the molecule is CCn1cncc1CCC(C)C(=O)O. The van der Waals surface area contributed by atoms with Crippen molar-refractivity contribution in [2.24, 2.45) is 5.92 Å². The third-order valence-corrected chi connectivity index (χ3v) is 2.39. The molecule has 1 unspecified atom stereocenters. The molecule has 4 nitrogen and oxygen atoms in total. The smallest absolute Gasteiger partial charge is 0.306 e. The van der Waals surface area contributed by atoms with Crippen LogP contribution in [0.25, 0.3) is 0 Å². The molecule has 0 amide bonds. The Morgan fingerprint density at radius 3 is 3.00 bits per heavy atom. The zero-order chi connectivity index (χ0) is 10.6. The van der Waals surface area contributed by atoms with E-state index in [0.717, 1.165) is 18.7 Å². The van der Waals surface area contributed by atoms with Crippen molar-refractivity contribution in [3.63, 3.8) is 0 Å². The van der Waals surface area contributed by atoms with Gasteiger partial charge in [-0.25, -0.2) is 4.98 Å². The first-order valence-electron chi connectivity index (χ1n) is 4.87. The molecular formula is C10H16N2O2. The largest absolute Gasteiger partial charge is 0.481 e. The number of aliphatic carboxylic acids is 1. The van der Waals surface area contributed by atoms with Crippen molar-refractivity contribution in [1.29, 1.82) is 0 Å². The summed E-state index contributed by atoms with van der Waals surface area (Å²) in [4.78, 5) is 14.6. The second-order valence-electron chi connectivity index (χ2n) is 3.45. The zero-order valence-electron chi connectivity index (χ0n) is 8.60. The summed E-state index contributed by atoms with van der Waals surface area (Å²) in [5.74, 6) is -1.01. The van der Waals surface area contributed by atoms with Crippen LogP contribution < -0.4 is 0 Å². The van der Waals surface area contributed by atoms with Crippen LogP contribution >= 0.6 is 0 Å². The van der Waals surface area contributed by atoms with Crippen LogP contribution in [-0.4, -0.2) is 20.6 Å². The van der Waals surface area contributed by atoms with Crippen molar-refractivity contribution >= 4 is 5.97 Å². The van der Waals surface area contributed by atoms with E-state index in [1.807, 2.05) is 11.5 Å². The highest BCUT2D eigenvalue weighted by Gasteiger charge is 2.11. The molecular weight excluding hydrogens is 180 g/mol. The topological polar surface area (TPSA) is 55.1 Å². The van der Waals surface area contributed by atoms with Gasteiger partial charge in [0.2, 0.25) is 0 Å². The van der Waals surface area contributed by atoms with Crippen LogP contribution in [0, 0.1) is 5.92 Å². The Kier molecular flexibility index (Phi) is 3.68. The number of aromatic nitrogens is 2. The van der Waals surface area contributed by atoms with Crippen LogP contribution in [0.4, 0.5) is 0 Å². The molecule has 0 spiro atoms. The summed E-state index contributed by atoms with van der Waals surface area (Å²) >= 11 is 0. The summed E-state index contributed by atoms with van der Waals surface area (Å²) < 4.78 is 2.04. The van der Waals surface area contributed by atoms with Crippen LogP contribution in [0.15, 0.2) is 12.5 Å². The summed E-state index contributed by atoms with van der Waals surface area (Å²) in [5.41, 5.74) is 1.11. The number of carboxylic acid groups (broad SMARTS) is 1. The fraction of sp³-hybridized carbons (Fsp3) is 0.600. The fourth-order valence-electron chi connectivity index (χ4n) is 1.33. The normalized spacial score (nSPS) is 12.7.